The molecule has 0 spiro atoms. The Labute approximate surface area is 107 Å². The van der Waals surface area contributed by atoms with Crippen LogP contribution in [-0.2, 0) is 6.42 Å². The molecule has 1 aromatic rings. The summed E-state index contributed by atoms with van der Waals surface area (Å²) in [7, 11) is 0. The molecule has 4 nitrogen and oxygen atoms in total. The highest BCUT2D eigenvalue weighted by molar-refractivity contribution is 8.00. The number of nitrogens with two attached hydrogens (primary N) is 2. The van der Waals surface area contributed by atoms with Gasteiger partial charge < -0.3 is 5.73 Å². The molecule has 5 N–H and O–H groups in total. The van der Waals surface area contributed by atoms with Crippen molar-refractivity contribution in [1.29, 1.82) is 0 Å². The van der Waals surface area contributed by atoms with Gasteiger partial charge in [-0.3, -0.25) is 16.3 Å². The largest absolute Gasteiger partial charge is 0.398 e. The number of hydrogen-bond acceptors (Lipinski definition) is 5. The van der Waals surface area contributed by atoms with Crippen LogP contribution in [0.5, 0.6) is 0 Å². The molecule has 2 rings (SSSR count). The molecule has 1 aromatic heterocycles. The second-order valence-corrected chi connectivity index (χ2v) is 5.80. The first-order valence-corrected chi connectivity index (χ1v) is 7.12. The fraction of sp³-hybridized carbons (Fsp3) is 0.583. The number of rotatable bonds is 4. The van der Waals surface area contributed by atoms with E-state index in [1.165, 1.54) is 25.0 Å². The third-order valence-corrected chi connectivity index (χ3v) is 4.78. The Kier molecular flexibility index (Phi) is 4.65. The van der Waals surface area contributed by atoms with Crippen LogP contribution in [0.2, 0.25) is 0 Å². The molecule has 2 heterocycles. The molecule has 0 saturated carbocycles. The van der Waals surface area contributed by atoms with Crippen LogP contribution >= 0.6 is 11.8 Å². The van der Waals surface area contributed by atoms with Crippen molar-refractivity contribution in [2.75, 3.05) is 11.5 Å². The van der Waals surface area contributed by atoms with Crippen LogP contribution in [0, 0.1) is 0 Å². The summed E-state index contributed by atoms with van der Waals surface area (Å²) in [6.45, 7) is 0. The fourth-order valence-electron chi connectivity index (χ4n) is 2.23. The van der Waals surface area contributed by atoms with E-state index in [0.717, 1.165) is 17.7 Å². The summed E-state index contributed by atoms with van der Waals surface area (Å²) in [5.74, 6) is 6.92. The van der Waals surface area contributed by atoms with Crippen molar-refractivity contribution in [1.82, 2.24) is 10.4 Å². The molecular weight excluding hydrogens is 232 g/mol. The lowest BCUT2D eigenvalue weighted by Gasteiger charge is -2.29. The zero-order chi connectivity index (χ0) is 12.1. The molecule has 1 aliphatic heterocycles. The Hall–Kier alpha value is -0.780. The predicted molar refractivity (Wildman–Crippen MR) is 73.6 cm³/mol. The number of anilines is 1. The summed E-state index contributed by atoms with van der Waals surface area (Å²) < 4.78 is 0. The number of nitrogen functional groups attached to an aromatic ring is 1. The van der Waals surface area contributed by atoms with Gasteiger partial charge in [0.1, 0.15) is 0 Å². The molecule has 94 valence electrons. The zero-order valence-corrected chi connectivity index (χ0v) is 10.7. The molecule has 2 atom stereocenters. The average molecular weight is 252 g/mol. The Balaban J connectivity index is 2.01. The molecule has 0 bridgehead atoms. The predicted octanol–water partition coefficient (Wildman–Crippen LogP) is 1.32. The van der Waals surface area contributed by atoms with Gasteiger partial charge in [-0.05, 0) is 36.6 Å². The smallest absolute Gasteiger partial charge is 0.0378 e. The van der Waals surface area contributed by atoms with Crippen molar-refractivity contribution in [2.24, 2.45) is 5.84 Å². The van der Waals surface area contributed by atoms with Crippen molar-refractivity contribution in [3.8, 4) is 0 Å². The monoisotopic (exact) mass is 252 g/mol. The van der Waals surface area contributed by atoms with Crippen LogP contribution in [0.25, 0.3) is 0 Å². The van der Waals surface area contributed by atoms with Gasteiger partial charge in [0.05, 0.1) is 0 Å². The molecule has 5 heteroatoms. The maximum absolute atomic E-state index is 5.94. The molecule has 2 unspecified atom stereocenters. The van der Waals surface area contributed by atoms with Crippen molar-refractivity contribution < 1.29 is 0 Å². The highest BCUT2D eigenvalue weighted by Crippen LogP contribution is 2.29. The van der Waals surface area contributed by atoms with E-state index >= 15 is 0 Å². The van der Waals surface area contributed by atoms with Gasteiger partial charge in [0.2, 0.25) is 0 Å². The second kappa shape index (κ2) is 6.23. The normalized spacial score (nSPS) is 22.3. The van der Waals surface area contributed by atoms with Crippen molar-refractivity contribution in [3.63, 3.8) is 0 Å². The van der Waals surface area contributed by atoms with Gasteiger partial charge in [-0.15, -0.1) is 0 Å². The lowest BCUT2D eigenvalue weighted by molar-refractivity contribution is 0.472. The van der Waals surface area contributed by atoms with Crippen LogP contribution in [0.4, 0.5) is 5.69 Å². The van der Waals surface area contributed by atoms with Crippen LogP contribution in [-0.4, -0.2) is 22.0 Å². The molecule has 0 aromatic carbocycles. The van der Waals surface area contributed by atoms with Crippen LogP contribution in [0.3, 0.4) is 0 Å². The van der Waals surface area contributed by atoms with E-state index in [2.05, 4.69) is 10.4 Å². The van der Waals surface area contributed by atoms with Crippen molar-refractivity contribution in [3.05, 3.63) is 24.0 Å². The first kappa shape index (κ1) is 12.7. The van der Waals surface area contributed by atoms with E-state index in [9.17, 15) is 0 Å². The van der Waals surface area contributed by atoms with Gasteiger partial charge in [-0.2, -0.15) is 11.8 Å². The van der Waals surface area contributed by atoms with E-state index in [1.54, 1.807) is 6.20 Å². The number of nitrogens with one attached hydrogen (secondary N) is 1. The number of hydrogen-bond donors (Lipinski definition) is 3. The Morgan fingerprint density at radius 3 is 3.06 bits per heavy atom. The quantitative estimate of drug-likeness (QED) is 0.556. The fourth-order valence-corrected chi connectivity index (χ4v) is 3.64. The summed E-state index contributed by atoms with van der Waals surface area (Å²) in [6, 6.07) is 2.13. The molecule has 17 heavy (non-hydrogen) atoms. The lowest BCUT2D eigenvalue weighted by Crippen LogP contribution is -2.45. The minimum atomic E-state index is 0.284. The van der Waals surface area contributed by atoms with Gasteiger partial charge in [0.25, 0.3) is 0 Å². The third kappa shape index (κ3) is 3.34. The van der Waals surface area contributed by atoms with E-state index in [-0.39, 0.29) is 6.04 Å². The Bertz CT molecular complexity index is 352. The van der Waals surface area contributed by atoms with Crippen molar-refractivity contribution in [2.45, 2.75) is 37.0 Å². The number of thioether (sulfide) groups is 1. The van der Waals surface area contributed by atoms with E-state index in [0.29, 0.717) is 5.25 Å². The highest BCUT2D eigenvalue weighted by atomic mass is 32.2. The molecule has 0 amide bonds. The average Bonchev–Trinajstić information content (AvgIpc) is 2.39. The maximum atomic E-state index is 5.94. The topological polar surface area (TPSA) is 77.0 Å². The minimum absolute atomic E-state index is 0.284. The maximum Gasteiger partial charge on any atom is 0.0378 e. The van der Waals surface area contributed by atoms with Crippen molar-refractivity contribution >= 4 is 17.4 Å². The SMILES string of the molecule is NNC(Cc1cnccc1N)C1CCCCS1. The highest BCUT2D eigenvalue weighted by Gasteiger charge is 2.24. The van der Waals surface area contributed by atoms with E-state index in [4.69, 9.17) is 11.6 Å². The molecular formula is C12H20N4S. The summed E-state index contributed by atoms with van der Waals surface area (Å²) in [4.78, 5) is 4.12. The summed E-state index contributed by atoms with van der Waals surface area (Å²) in [5.41, 5.74) is 10.8. The minimum Gasteiger partial charge on any atom is -0.398 e. The molecule has 1 fully saturated rings. The number of pyridine rings is 1. The molecule has 1 aliphatic rings. The number of hydrazine groups is 1. The van der Waals surface area contributed by atoms with E-state index in [1.807, 2.05) is 24.0 Å². The van der Waals surface area contributed by atoms with Crippen LogP contribution < -0.4 is 17.0 Å². The van der Waals surface area contributed by atoms with Gasteiger partial charge in [-0.25, -0.2) is 0 Å². The third-order valence-electron chi connectivity index (χ3n) is 3.26. The first-order valence-electron chi connectivity index (χ1n) is 6.07. The lowest BCUT2D eigenvalue weighted by atomic mass is 10.0. The molecule has 0 radical (unpaired) electrons. The summed E-state index contributed by atoms with van der Waals surface area (Å²) in [6.07, 6.45) is 8.28. The second-order valence-electron chi connectivity index (χ2n) is 4.46. The number of nitrogens with zero attached hydrogens (tertiary/aromatic N) is 1. The van der Waals surface area contributed by atoms with E-state index < -0.39 is 0 Å². The van der Waals surface area contributed by atoms with Gasteiger partial charge in [-0.1, -0.05) is 6.42 Å². The Morgan fingerprint density at radius 1 is 1.53 bits per heavy atom. The molecule has 1 saturated heterocycles. The van der Waals surface area contributed by atoms with Crippen LogP contribution in [0.15, 0.2) is 18.5 Å². The standard InChI is InChI=1S/C12H20N4S/c13-10-4-5-15-8-9(10)7-11(16-14)12-3-1-2-6-17-12/h4-5,8,11-12,16H,1-3,6-7,14H2,(H2,13,15). The Morgan fingerprint density at radius 2 is 2.41 bits per heavy atom. The summed E-state index contributed by atoms with van der Waals surface area (Å²) in [5, 5.41) is 0.591. The van der Waals surface area contributed by atoms with Gasteiger partial charge in [0.15, 0.2) is 0 Å². The molecule has 0 aliphatic carbocycles. The summed E-state index contributed by atoms with van der Waals surface area (Å²) >= 11 is 2.02. The van der Waals surface area contributed by atoms with Crippen LogP contribution in [0.1, 0.15) is 24.8 Å². The number of aromatic nitrogens is 1. The van der Waals surface area contributed by atoms with Gasteiger partial charge >= 0.3 is 0 Å². The first-order chi connectivity index (χ1) is 8.31. The van der Waals surface area contributed by atoms with Gasteiger partial charge in [0, 0.05) is 29.4 Å². The zero-order valence-electron chi connectivity index (χ0n) is 9.93.